The van der Waals surface area contributed by atoms with E-state index in [1.165, 1.54) is 24.3 Å². The summed E-state index contributed by atoms with van der Waals surface area (Å²) in [5.41, 5.74) is 0.253. The number of benzene rings is 1. The zero-order chi connectivity index (χ0) is 10.6. The maximum absolute atomic E-state index is 11.2. The molecular formula is C9H10O4S. The molecule has 0 saturated heterocycles. The lowest BCUT2D eigenvalue weighted by Crippen LogP contribution is -2.04. The Bertz CT molecular complexity index is 401. The van der Waals surface area contributed by atoms with Crippen molar-refractivity contribution in [1.29, 1.82) is 0 Å². The van der Waals surface area contributed by atoms with Crippen LogP contribution in [0.2, 0.25) is 0 Å². The average molecular weight is 214 g/mol. The fourth-order valence-electron chi connectivity index (χ4n) is 0.961. The maximum Gasteiger partial charge on any atom is 0.338 e. The molecule has 0 heterocycles. The molecule has 0 aromatic heterocycles. The summed E-state index contributed by atoms with van der Waals surface area (Å²) in [6, 6.07) is 5.74. The van der Waals surface area contributed by atoms with E-state index in [1.54, 1.807) is 6.92 Å². The molecule has 1 aromatic rings. The molecule has 14 heavy (non-hydrogen) atoms. The van der Waals surface area contributed by atoms with E-state index in [0.29, 0.717) is 0 Å². The van der Waals surface area contributed by atoms with E-state index in [1.807, 2.05) is 0 Å². The van der Waals surface area contributed by atoms with Crippen LogP contribution in [-0.4, -0.2) is 21.0 Å². The molecule has 0 saturated carbocycles. The quantitative estimate of drug-likeness (QED) is 0.598. The van der Waals surface area contributed by atoms with Crippen LogP contribution in [-0.2, 0) is 15.4 Å². The molecule has 0 aliphatic heterocycles. The summed E-state index contributed by atoms with van der Waals surface area (Å²) in [4.78, 5) is 11.3. The largest absolute Gasteiger partial charge is 0.462 e. The summed E-state index contributed by atoms with van der Waals surface area (Å²) in [7, 11) is -2.65. The number of carbonyl (C=O) groups excluding carboxylic acids is 1. The SMILES string of the molecule is CCOC(=O)c1cccc([SH](=O)=O)c1. The fourth-order valence-corrected chi connectivity index (χ4v) is 1.41. The second-order valence-electron chi connectivity index (χ2n) is 2.53. The number of esters is 1. The Hall–Kier alpha value is -1.36. The second-order valence-corrected chi connectivity index (χ2v) is 3.56. The van der Waals surface area contributed by atoms with Crippen LogP contribution in [0.3, 0.4) is 0 Å². The fraction of sp³-hybridized carbons (Fsp3) is 0.222. The van der Waals surface area contributed by atoms with Gasteiger partial charge in [0.2, 0.25) is 0 Å². The van der Waals surface area contributed by atoms with Gasteiger partial charge in [-0.2, -0.15) is 0 Å². The Kier molecular flexibility index (Phi) is 3.64. The van der Waals surface area contributed by atoms with Crippen LogP contribution in [0.1, 0.15) is 17.3 Å². The van der Waals surface area contributed by atoms with Crippen LogP contribution in [0, 0.1) is 0 Å². The van der Waals surface area contributed by atoms with E-state index in [2.05, 4.69) is 0 Å². The molecule has 0 radical (unpaired) electrons. The van der Waals surface area contributed by atoms with Crippen molar-refractivity contribution in [3.05, 3.63) is 29.8 Å². The average Bonchev–Trinajstić information content (AvgIpc) is 2.18. The Morgan fingerprint density at radius 2 is 2.14 bits per heavy atom. The molecule has 0 amide bonds. The summed E-state index contributed by atoms with van der Waals surface area (Å²) >= 11 is 0. The summed E-state index contributed by atoms with van der Waals surface area (Å²) in [6.07, 6.45) is 0. The smallest absolute Gasteiger partial charge is 0.338 e. The van der Waals surface area contributed by atoms with Crippen LogP contribution >= 0.6 is 0 Å². The highest BCUT2D eigenvalue weighted by Crippen LogP contribution is 2.07. The molecule has 0 fully saturated rings. The van der Waals surface area contributed by atoms with Gasteiger partial charge in [-0.1, -0.05) is 6.07 Å². The third-order valence-electron chi connectivity index (χ3n) is 1.57. The summed E-state index contributed by atoms with van der Waals surface area (Å²) < 4.78 is 26.0. The lowest BCUT2D eigenvalue weighted by Gasteiger charge is -2.01. The molecule has 0 spiro atoms. The van der Waals surface area contributed by atoms with Gasteiger partial charge in [-0.3, -0.25) is 0 Å². The minimum atomic E-state index is -2.65. The monoisotopic (exact) mass is 214 g/mol. The number of hydrogen-bond acceptors (Lipinski definition) is 4. The van der Waals surface area contributed by atoms with Crippen molar-refractivity contribution in [3.63, 3.8) is 0 Å². The van der Waals surface area contributed by atoms with Crippen molar-refractivity contribution < 1.29 is 17.9 Å². The van der Waals surface area contributed by atoms with Gasteiger partial charge in [0.1, 0.15) is 0 Å². The van der Waals surface area contributed by atoms with Gasteiger partial charge in [-0.05, 0) is 25.1 Å². The van der Waals surface area contributed by atoms with Crippen LogP contribution < -0.4 is 0 Å². The number of rotatable bonds is 3. The Balaban J connectivity index is 2.99. The second kappa shape index (κ2) is 4.76. The van der Waals surface area contributed by atoms with Gasteiger partial charge in [0.25, 0.3) is 0 Å². The van der Waals surface area contributed by atoms with Crippen molar-refractivity contribution in [3.8, 4) is 0 Å². The predicted octanol–water partition coefficient (Wildman–Crippen LogP) is 0.834. The zero-order valence-electron chi connectivity index (χ0n) is 7.60. The summed E-state index contributed by atoms with van der Waals surface area (Å²) in [5, 5.41) is 0. The molecule has 1 rings (SSSR count). The maximum atomic E-state index is 11.2. The minimum absolute atomic E-state index is 0.116. The molecule has 0 aliphatic carbocycles. The first kappa shape index (κ1) is 10.7. The van der Waals surface area contributed by atoms with Crippen molar-refractivity contribution in [2.75, 3.05) is 6.61 Å². The first-order chi connectivity index (χ1) is 6.65. The molecule has 4 nitrogen and oxygen atoms in total. The van der Waals surface area contributed by atoms with E-state index in [9.17, 15) is 13.2 Å². The lowest BCUT2D eigenvalue weighted by atomic mass is 10.2. The highest BCUT2D eigenvalue weighted by Gasteiger charge is 2.06. The van der Waals surface area contributed by atoms with Gasteiger partial charge >= 0.3 is 5.97 Å². The lowest BCUT2D eigenvalue weighted by molar-refractivity contribution is 0.0526. The van der Waals surface area contributed by atoms with Gasteiger partial charge in [0, 0.05) is 0 Å². The molecule has 0 atom stereocenters. The number of ether oxygens (including phenoxy) is 1. The molecule has 5 heteroatoms. The highest BCUT2D eigenvalue weighted by molar-refractivity contribution is 7.72. The van der Waals surface area contributed by atoms with Crippen molar-refractivity contribution in [1.82, 2.24) is 0 Å². The Labute approximate surface area is 83.5 Å². The van der Waals surface area contributed by atoms with Gasteiger partial charge in [-0.25, -0.2) is 13.2 Å². The minimum Gasteiger partial charge on any atom is -0.462 e. The predicted molar refractivity (Wildman–Crippen MR) is 51.0 cm³/mol. The number of thiol groups is 1. The zero-order valence-corrected chi connectivity index (χ0v) is 8.49. The molecule has 1 aromatic carbocycles. The first-order valence-corrected chi connectivity index (χ1v) is 5.24. The first-order valence-electron chi connectivity index (χ1n) is 4.06. The van der Waals surface area contributed by atoms with Crippen molar-refractivity contribution in [2.45, 2.75) is 11.8 Å². The third-order valence-corrected chi connectivity index (χ3v) is 2.27. The summed E-state index contributed by atoms with van der Waals surface area (Å²) in [6.45, 7) is 1.96. The molecular weight excluding hydrogens is 204 g/mol. The van der Waals surface area contributed by atoms with Crippen LogP contribution in [0.25, 0.3) is 0 Å². The molecule has 0 unspecified atom stereocenters. The Morgan fingerprint density at radius 3 is 2.71 bits per heavy atom. The van der Waals surface area contributed by atoms with E-state index in [0.717, 1.165) is 0 Å². The highest BCUT2D eigenvalue weighted by atomic mass is 32.2. The van der Waals surface area contributed by atoms with Crippen molar-refractivity contribution >= 4 is 16.7 Å². The van der Waals surface area contributed by atoms with Crippen LogP contribution in [0.5, 0.6) is 0 Å². The molecule has 0 aliphatic rings. The van der Waals surface area contributed by atoms with Gasteiger partial charge in [0.15, 0.2) is 10.7 Å². The van der Waals surface area contributed by atoms with Gasteiger partial charge in [-0.15, -0.1) is 0 Å². The van der Waals surface area contributed by atoms with E-state index < -0.39 is 16.7 Å². The summed E-state index contributed by atoms with van der Waals surface area (Å²) in [5.74, 6) is -0.508. The standard InChI is InChI=1S/C9H10O4S/c1-2-13-9(10)7-4-3-5-8(6-7)14(11)12/h3-6,14H,2H2,1H3. The molecule has 0 bridgehead atoms. The molecule has 0 N–H and O–H groups in total. The van der Waals surface area contributed by atoms with E-state index in [-0.39, 0.29) is 17.1 Å². The van der Waals surface area contributed by atoms with E-state index in [4.69, 9.17) is 4.74 Å². The van der Waals surface area contributed by atoms with Crippen LogP contribution in [0.15, 0.2) is 29.2 Å². The number of hydrogen-bond donors (Lipinski definition) is 1. The van der Waals surface area contributed by atoms with Crippen molar-refractivity contribution in [2.24, 2.45) is 0 Å². The van der Waals surface area contributed by atoms with Gasteiger partial charge in [0.05, 0.1) is 17.1 Å². The normalized spacial score (nSPS) is 10.1. The van der Waals surface area contributed by atoms with Crippen LogP contribution in [0.4, 0.5) is 0 Å². The van der Waals surface area contributed by atoms with Gasteiger partial charge < -0.3 is 4.74 Å². The third kappa shape index (κ3) is 2.56. The number of carbonyl (C=O) groups is 1. The topological polar surface area (TPSA) is 60.4 Å². The van der Waals surface area contributed by atoms with E-state index >= 15 is 0 Å². The molecule has 76 valence electrons. The Morgan fingerprint density at radius 1 is 1.43 bits per heavy atom.